The van der Waals surface area contributed by atoms with Gasteiger partial charge in [0.15, 0.2) is 5.78 Å². The first-order chi connectivity index (χ1) is 10.8. The topological polar surface area (TPSA) is 26.3 Å². The molecule has 0 aliphatic rings. The zero-order chi connectivity index (χ0) is 15.4. The van der Waals surface area contributed by atoms with Crippen LogP contribution >= 0.6 is 0 Å². The highest BCUT2D eigenvalue weighted by atomic mass is 16.5. The molecule has 2 nitrogen and oxygen atoms in total. The molecule has 0 saturated heterocycles. The van der Waals surface area contributed by atoms with Gasteiger partial charge in [0, 0.05) is 5.56 Å². The molecule has 108 valence electrons. The minimum absolute atomic E-state index is 0.0353. The van der Waals surface area contributed by atoms with Gasteiger partial charge in [-0.1, -0.05) is 60.7 Å². The van der Waals surface area contributed by atoms with E-state index >= 15 is 0 Å². The summed E-state index contributed by atoms with van der Waals surface area (Å²) in [7, 11) is 1.59. The molecule has 0 bridgehead atoms. The van der Waals surface area contributed by atoms with Gasteiger partial charge in [-0.05, 0) is 34.5 Å². The van der Waals surface area contributed by atoms with Gasteiger partial charge in [0.2, 0.25) is 0 Å². The lowest BCUT2D eigenvalue weighted by molar-refractivity contribution is 0.104. The number of carbonyl (C=O) groups excluding carboxylic acids is 1. The summed E-state index contributed by atoms with van der Waals surface area (Å²) in [5, 5.41) is 2.30. The van der Waals surface area contributed by atoms with Crippen molar-refractivity contribution in [3.05, 3.63) is 83.9 Å². The van der Waals surface area contributed by atoms with Gasteiger partial charge in [0.05, 0.1) is 7.11 Å². The summed E-state index contributed by atoms with van der Waals surface area (Å²) in [6.45, 7) is 0. The number of hydrogen-bond donors (Lipinski definition) is 0. The van der Waals surface area contributed by atoms with Crippen LogP contribution in [-0.4, -0.2) is 12.9 Å². The Labute approximate surface area is 129 Å². The molecule has 0 unspecified atom stereocenters. The van der Waals surface area contributed by atoms with E-state index in [0.717, 1.165) is 10.9 Å². The van der Waals surface area contributed by atoms with Crippen molar-refractivity contribution in [1.82, 2.24) is 0 Å². The lowest BCUT2D eigenvalue weighted by atomic mass is 10.0. The van der Waals surface area contributed by atoms with Crippen LogP contribution in [0.25, 0.3) is 16.8 Å². The average molecular weight is 288 g/mol. The Kier molecular flexibility index (Phi) is 4.01. The number of fused-ring (bicyclic) bond motifs is 1. The van der Waals surface area contributed by atoms with Crippen LogP contribution in [0.15, 0.2) is 72.8 Å². The lowest BCUT2D eigenvalue weighted by Gasteiger charge is -2.02. The number of ketones is 1. The van der Waals surface area contributed by atoms with Gasteiger partial charge in [-0.2, -0.15) is 0 Å². The van der Waals surface area contributed by atoms with Crippen LogP contribution in [0, 0.1) is 0 Å². The monoisotopic (exact) mass is 288 g/mol. The Morgan fingerprint density at radius 3 is 2.59 bits per heavy atom. The summed E-state index contributed by atoms with van der Waals surface area (Å²) in [5.74, 6) is 0.649. The van der Waals surface area contributed by atoms with Gasteiger partial charge < -0.3 is 4.74 Å². The standard InChI is InChI=1S/C20H16O2/c1-22-18-10-5-9-17(14-18)20(21)13-12-16-8-4-7-15-6-2-3-11-19(15)16/h2-14H,1H3/b13-12+. The molecule has 0 aliphatic heterocycles. The fraction of sp³-hybridized carbons (Fsp3) is 0.0500. The van der Waals surface area contributed by atoms with Crippen LogP contribution in [-0.2, 0) is 0 Å². The fourth-order valence-corrected chi connectivity index (χ4v) is 2.43. The van der Waals surface area contributed by atoms with E-state index in [-0.39, 0.29) is 5.78 Å². The number of methoxy groups -OCH3 is 1. The summed E-state index contributed by atoms with van der Waals surface area (Å²) in [5.41, 5.74) is 1.66. The molecular weight excluding hydrogens is 272 g/mol. The highest BCUT2D eigenvalue weighted by Gasteiger charge is 2.03. The van der Waals surface area contributed by atoms with Crippen LogP contribution in [0.1, 0.15) is 15.9 Å². The van der Waals surface area contributed by atoms with Gasteiger partial charge in [0.25, 0.3) is 0 Å². The number of rotatable bonds is 4. The van der Waals surface area contributed by atoms with E-state index in [1.54, 1.807) is 25.3 Å². The predicted molar refractivity (Wildman–Crippen MR) is 90.3 cm³/mol. The molecule has 3 rings (SSSR count). The highest BCUT2D eigenvalue weighted by molar-refractivity contribution is 6.08. The van der Waals surface area contributed by atoms with Crippen molar-refractivity contribution < 1.29 is 9.53 Å². The van der Waals surface area contributed by atoms with Gasteiger partial charge in [-0.15, -0.1) is 0 Å². The van der Waals surface area contributed by atoms with E-state index in [9.17, 15) is 4.79 Å². The van der Waals surface area contributed by atoms with Crippen molar-refractivity contribution in [2.45, 2.75) is 0 Å². The molecule has 0 radical (unpaired) electrons. The second kappa shape index (κ2) is 6.27. The normalized spacial score (nSPS) is 11.0. The Morgan fingerprint density at radius 2 is 1.73 bits per heavy atom. The highest BCUT2D eigenvalue weighted by Crippen LogP contribution is 2.20. The Balaban J connectivity index is 1.90. The summed E-state index contributed by atoms with van der Waals surface area (Å²) in [6.07, 6.45) is 3.47. The van der Waals surface area contributed by atoms with E-state index < -0.39 is 0 Å². The predicted octanol–water partition coefficient (Wildman–Crippen LogP) is 4.74. The van der Waals surface area contributed by atoms with Crippen molar-refractivity contribution in [1.29, 1.82) is 0 Å². The molecule has 0 fully saturated rings. The van der Waals surface area contributed by atoms with Crippen LogP contribution in [0.2, 0.25) is 0 Å². The molecule has 0 aromatic heterocycles. The third kappa shape index (κ3) is 2.91. The van der Waals surface area contributed by atoms with Gasteiger partial charge in [0.1, 0.15) is 5.75 Å². The summed E-state index contributed by atoms with van der Waals surface area (Å²) in [6, 6.07) is 21.4. The summed E-state index contributed by atoms with van der Waals surface area (Å²) >= 11 is 0. The molecule has 0 heterocycles. The van der Waals surface area contributed by atoms with Crippen molar-refractivity contribution in [3.8, 4) is 5.75 Å². The van der Waals surface area contributed by atoms with E-state index in [4.69, 9.17) is 4.74 Å². The number of benzene rings is 3. The quantitative estimate of drug-likeness (QED) is 0.512. The van der Waals surface area contributed by atoms with E-state index in [2.05, 4.69) is 18.2 Å². The Morgan fingerprint density at radius 1 is 0.955 bits per heavy atom. The van der Waals surface area contributed by atoms with Gasteiger partial charge in [-0.25, -0.2) is 0 Å². The number of hydrogen-bond acceptors (Lipinski definition) is 2. The molecule has 3 aromatic rings. The molecule has 22 heavy (non-hydrogen) atoms. The van der Waals surface area contributed by atoms with Crippen molar-refractivity contribution >= 4 is 22.6 Å². The van der Waals surface area contributed by atoms with Crippen molar-refractivity contribution in [2.75, 3.05) is 7.11 Å². The maximum atomic E-state index is 12.3. The largest absolute Gasteiger partial charge is 0.497 e. The molecule has 0 saturated carbocycles. The molecule has 0 aliphatic carbocycles. The number of allylic oxidation sites excluding steroid dienone is 1. The third-order valence-electron chi connectivity index (χ3n) is 3.59. The second-order valence-corrected chi connectivity index (χ2v) is 5.00. The van der Waals surface area contributed by atoms with Crippen LogP contribution in [0.4, 0.5) is 0 Å². The molecule has 0 N–H and O–H groups in total. The maximum Gasteiger partial charge on any atom is 0.185 e. The van der Waals surface area contributed by atoms with Crippen molar-refractivity contribution in [2.24, 2.45) is 0 Å². The molecule has 0 spiro atoms. The van der Waals surface area contributed by atoms with E-state index in [1.165, 1.54) is 5.39 Å². The number of ether oxygens (including phenoxy) is 1. The zero-order valence-corrected chi connectivity index (χ0v) is 12.3. The second-order valence-electron chi connectivity index (χ2n) is 5.00. The fourth-order valence-electron chi connectivity index (χ4n) is 2.43. The molecule has 0 atom stereocenters. The van der Waals surface area contributed by atoms with Crippen LogP contribution in [0.5, 0.6) is 5.75 Å². The summed E-state index contributed by atoms with van der Waals surface area (Å²) in [4.78, 5) is 12.3. The third-order valence-corrected chi connectivity index (χ3v) is 3.59. The smallest absolute Gasteiger partial charge is 0.185 e. The lowest BCUT2D eigenvalue weighted by Crippen LogP contribution is -1.95. The molecule has 3 aromatic carbocycles. The van der Waals surface area contributed by atoms with Gasteiger partial charge in [-0.3, -0.25) is 4.79 Å². The molecular formula is C20H16O2. The van der Waals surface area contributed by atoms with Crippen molar-refractivity contribution in [3.63, 3.8) is 0 Å². The van der Waals surface area contributed by atoms with E-state index in [1.807, 2.05) is 42.5 Å². The van der Waals surface area contributed by atoms with E-state index in [0.29, 0.717) is 11.3 Å². The first kappa shape index (κ1) is 14.1. The molecule has 0 amide bonds. The average Bonchev–Trinajstić information content (AvgIpc) is 2.59. The van der Waals surface area contributed by atoms with Crippen LogP contribution < -0.4 is 4.74 Å². The zero-order valence-electron chi connectivity index (χ0n) is 12.3. The minimum Gasteiger partial charge on any atom is -0.497 e. The first-order valence-corrected chi connectivity index (χ1v) is 7.12. The van der Waals surface area contributed by atoms with Gasteiger partial charge >= 0.3 is 0 Å². The molecule has 2 heteroatoms. The summed E-state index contributed by atoms with van der Waals surface area (Å²) < 4.78 is 5.15. The van der Waals surface area contributed by atoms with Crippen LogP contribution in [0.3, 0.4) is 0 Å². The maximum absolute atomic E-state index is 12.3. The SMILES string of the molecule is COc1cccc(C(=O)/C=C/c2cccc3ccccc23)c1. The Hall–Kier alpha value is -2.87. The first-order valence-electron chi connectivity index (χ1n) is 7.12. The minimum atomic E-state index is -0.0353. The number of carbonyl (C=O) groups is 1. The Bertz CT molecular complexity index is 842.